The first-order valence-corrected chi connectivity index (χ1v) is 9.29. The average molecular weight is 570 g/mol. The van der Waals surface area contributed by atoms with E-state index in [0.717, 1.165) is 0 Å². The summed E-state index contributed by atoms with van der Waals surface area (Å²) in [5.74, 6) is -38.1. The molecule has 0 aromatic heterocycles. The first kappa shape index (κ1) is 31.0. The fourth-order valence-electron chi connectivity index (χ4n) is 2.43. The van der Waals surface area contributed by atoms with Crippen molar-refractivity contribution < 1.29 is 92.8 Å². The Kier molecular flexibility index (Phi) is 7.49. The van der Waals surface area contributed by atoms with Crippen molar-refractivity contribution in [2.45, 2.75) is 60.7 Å². The van der Waals surface area contributed by atoms with Gasteiger partial charge in [0.15, 0.2) is 13.2 Å². The van der Waals surface area contributed by atoms with Crippen molar-refractivity contribution in [3.05, 3.63) is 0 Å². The lowest BCUT2D eigenvalue weighted by atomic mass is 9.70. The van der Waals surface area contributed by atoms with Gasteiger partial charge < -0.3 is 0 Å². The first-order valence-electron chi connectivity index (χ1n) is 7.83. The Morgan fingerprint density at radius 1 is 0.618 bits per heavy atom. The molecule has 204 valence electrons. The highest BCUT2D eigenvalue weighted by Gasteiger charge is 3.02. The molecule has 0 aliphatic heterocycles. The lowest BCUT2D eigenvalue weighted by Crippen LogP contribution is -2.85. The van der Waals surface area contributed by atoms with Gasteiger partial charge in [0.2, 0.25) is 0 Å². The first-order chi connectivity index (χ1) is 14.5. The SMILES string of the molecule is C[C@H](OP(=O)(OCC(F)(F)F)OCC(F)(F)F)C1(F)C(F)(F)C(F)(F)C(F)(F)C(F)(F)C1(F)F. The molecule has 4 nitrogen and oxygen atoms in total. The maximum Gasteiger partial charge on any atom is 0.475 e. The number of phosphoric ester groups is 1. The van der Waals surface area contributed by atoms with E-state index >= 15 is 0 Å². The summed E-state index contributed by atoms with van der Waals surface area (Å²) in [7, 11) is -6.83. The largest absolute Gasteiger partial charge is 0.475 e. The highest BCUT2D eigenvalue weighted by Crippen LogP contribution is 2.71. The number of alkyl halides is 17. The van der Waals surface area contributed by atoms with Crippen LogP contribution in [0.5, 0.6) is 0 Å². The van der Waals surface area contributed by atoms with E-state index in [1.807, 2.05) is 0 Å². The van der Waals surface area contributed by atoms with Crippen LogP contribution in [0, 0.1) is 0 Å². The van der Waals surface area contributed by atoms with Crippen LogP contribution in [0.25, 0.3) is 0 Å². The minimum atomic E-state index is -7.67. The molecule has 1 rings (SSSR count). The van der Waals surface area contributed by atoms with E-state index in [0.29, 0.717) is 0 Å². The predicted octanol–water partition coefficient (Wildman–Crippen LogP) is 6.56. The normalized spacial score (nSPS) is 26.2. The Morgan fingerprint density at radius 3 is 1.15 bits per heavy atom. The van der Waals surface area contributed by atoms with Gasteiger partial charge >= 0.3 is 49.8 Å². The second-order valence-corrected chi connectivity index (χ2v) is 8.18. The Balaban J connectivity index is 3.61. The second-order valence-electron chi connectivity index (χ2n) is 6.56. The van der Waals surface area contributed by atoms with Crippen LogP contribution in [0.15, 0.2) is 0 Å². The minimum Gasteiger partial charge on any atom is -0.280 e. The van der Waals surface area contributed by atoms with Crippen molar-refractivity contribution in [1.29, 1.82) is 0 Å². The standard InChI is InChI=1S/C12H8F17O4P/c1-4(33-34(30,31-2-5(13,14)15)32-3-6(16,17)18)7(19)8(20,21)10(24,25)12(28,29)11(26,27)9(7,22)23/h4H,2-3H2,1H3/t4-/m0/s1. The molecule has 0 unspecified atom stereocenters. The summed E-state index contributed by atoms with van der Waals surface area (Å²) in [6, 6.07) is 0. The molecule has 34 heavy (non-hydrogen) atoms. The van der Waals surface area contributed by atoms with Crippen LogP contribution in [0.1, 0.15) is 6.92 Å². The molecule has 0 amide bonds. The molecule has 22 heteroatoms. The zero-order valence-electron chi connectivity index (χ0n) is 15.5. The van der Waals surface area contributed by atoms with Crippen LogP contribution in [0.4, 0.5) is 74.6 Å². The van der Waals surface area contributed by atoms with Gasteiger partial charge in [-0.25, -0.2) is 8.96 Å². The lowest BCUT2D eigenvalue weighted by Gasteiger charge is -2.53. The molecular weight excluding hydrogens is 562 g/mol. The van der Waals surface area contributed by atoms with Crippen LogP contribution in [0.2, 0.25) is 0 Å². The van der Waals surface area contributed by atoms with Crippen molar-refractivity contribution in [2.75, 3.05) is 13.2 Å². The monoisotopic (exact) mass is 570 g/mol. The van der Waals surface area contributed by atoms with Gasteiger partial charge in [-0.2, -0.15) is 70.2 Å². The molecule has 0 radical (unpaired) electrons. The van der Waals surface area contributed by atoms with Crippen LogP contribution < -0.4 is 0 Å². The molecule has 1 fully saturated rings. The molecule has 1 saturated carbocycles. The van der Waals surface area contributed by atoms with Gasteiger partial charge in [-0.15, -0.1) is 0 Å². The zero-order valence-corrected chi connectivity index (χ0v) is 16.4. The van der Waals surface area contributed by atoms with E-state index in [2.05, 4.69) is 13.6 Å². The third-order valence-electron chi connectivity index (χ3n) is 4.11. The molecule has 0 spiro atoms. The van der Waals surface area contributed by atoms with Crippen molar-refractivity contribution >= 4 is 7.82 Å². The smallest absolute Gasteiger partial charge is 0.280 e. The fourth-order valence-corrected chi connectivity index (χ4v) is 3.76. The Hall–Kier alpha value is -1.08. The maximum absolute atomic E-state index is 14.7. The van der Waals surface area contributed by atoms with Crippen LogP contribution in [0.3, 0.4) is 0 Å². The van der Waals surface area contributed by atoms with Gasteiger partial charge in [-0.1, -0.05) is 0 Å². The van der Waals surface area contributed by atoms with Crippen molar-refractivity contribution in [1.82, 2.24) is 0 Å². The van der Waals surface area contributed by atoms with Crippen LogP contribution in [-0.4, -0.2) is 67.0 Å². The van der Waals surface area contributed by atoms with Crippen molar-refractivity contribution in [2.24, 2.45) is 0 Å². The van der Waals surface area contributed by atoms with E-state index in [4.69, 9.17) is 0 Å². The molecule has 0 aromatic carbocycles. The Morgan fingerprint density at radius 2 is 0.882 bits per heavy atom. The summed E-state index contributed by atoms with van der Waals surface area (Å²) >= 11 is 0. The molecule has 0 aromatic rings. The number of hydrogen-bond acceptors (Lipinski definition) is 4. The number of phosphoric acid groups is 1. The molecule has 1 aliphatic carbocycles. The predicted molar refractivity (Wildman–Crippen MR) is 70.7 cm³/mol. The summed E-state index contributed by atoms with van der Waals surface area (Å²) in [6.45, 7) is -6.70. The van der Waals surface area contributed by atoms with Gasteiger partial charge in [-0.05, 0) is 6.92 Å². The lowest BCUT2D eigenvalue weighted by molar-refractivity contribution is -0.491. The molecule has 0 saturated heterocycles. The zero-order chi connectivity index (χ0) is 27.6. The summed E-state index contributed by atoms with van der Waals surface area (Å²) in [5, 5.41) is 0. The van der Waals surface area contributed by atoms with E-state index in [-0.39, 0.29) is 0 Å². The topological polar surface area (TPSA) is 44.8 Å². The van der Waals surface area contributed by atoms with Crippen LogP contribution >= 0.6 is 7.82 Å². The summed E-state index contributed by atoms with van der Waals surface area (Å²) in [6.07, 6.45) is -15.9. The van der Waals surface area contributed by atoms with E-state index in [1.54, 1.807) is 0 Å². The van der Waals surface area contributed by atoms with Gasteiger partial charge in [-0.3, -0.25) is 13.6 Å². The van der Waals surface area contributed by atoms with Gasteiger partial charge in [0.05, 0.1) is 0 Å². The summed E-state index contributed by atoms with van der Waals surface area (Å²) in [4.78, 5) is 0. The minimum absolute atomic E-state index is 0.738. The van der Waals surface area contributed by atoms with Gasteiger partial charge in [0.1, 0.15) is 6.10 Å². The summed E-state index contributed by atoms with van der Waals surface area (Å²) in [5.41, 5.74) is -7.05. The molecular formula is C12H8F17O4P. The molecule has 0 heterocycles. The third-order valence-corrected chi connectivity index (χ3v) is 5.58. The van der Waals surface area contributed by atoms with E-state index < -0.39 is 81.7 Å². The number of halogens is 17. The Bertz CT molecular complexity index is 751. The molecule has 1 atom stereocenters. The van der Waals surface area contributed by atoms with Crippen molar-refractivity contribution in [3.8, 4) is 0 Å². The van der Waals surface area contributed by atoms with Gasteiger partial charge in [0, 0.05) is 0 Å². The quantitative estimate of drug-likeness (QED) is 0.257. The fraction of sp³-hybridized carbons (Fsp3) is 1.00. The highest BCUT2D eigenvalue weighted by molar-refractivity contribution is 7.48. The average Bonchev–Trinajstić information content (AvgIpc) is 2.61. The van der Waals surface area contributed by atoms with E-state index in [9.17, 15) is 79.2 Å². The molecule has 0 bridgehead atoms. The van der Waals surface area contributed by atoms with Gasteiger partial charge in [0.25, 0.3) is 5.67 Å². The second kappa shape index (κ2) is 8.22. The number of hydrogen-bond donors (Lipinski definition) is 0. The highest BCUT2D eigenvalue weighted by atomic mass is 31.2. The molecule has 1 aliphatic rings. The third kappa shape index (κ3) is 4.56. The van der Waals surface area contributed by atoms with Crippen LogP contribution in [-0.2, 0) is 18.1 Å². The van der Waals surface area contributed by atoms with E-state index in [1.165, 1.54) is 0 Å². The number of rotatable bonds is 7. The van der Waals surface area contributed by atoms with Crippen molar-refractivity contribution in [3.63, 3.8) is 0 Å². The maximum atomic E-state index is 14.7. The molecule has 0 N–H and O–H groups in total. The summed E-state index contributed by atoms with van der Waals surface area (Å²) < 4.78 is 245. The Labute approximate surface area is 175 Å².